The van der Waals surface area contributed by atoms with Crippen LogP contribution in [-0.2, 0) is 30.4 Å². The third kappa shape index (κ3) is 6.99. The number of unbranched alkanes of at least 4 members (excludes halogenated alkanes) is 1. The highest BCUT2D eigenvalue weighted by Gasteiger charge is 2.37. The van der Waals surface area contributed by atoms with E-state index >= 15 is 0 Å². The Hall–Kier alpha value is -2.45. The Morgan fingerprint density at radius 2 is 2.04 bits per heavy atom. The van der Waals surface area contributed by atoms with Crippen molar-refractivity contribution < 1.29 is 28.6 Å². The molecule has 1 saturated heterocycles. The number of imide groups is 1. The normalized spacial score (nSPS) is 20.0. The van der Waals surface area contributed by atoms with Gasteiger partial charge < -0.3 is 14.2 Å². The van der Waals surface area contributed by atoms with Gasteiger partial charge >= 0.3 is 12.1 Å². The molecule has 8 heteroatoms. The summed E-state index contributed by atoms with van der Waals surface area (Å²) in [6, 6.07) is 8.27. The van der Waals surface area contributed by atoms with Gasteiger partial charge in [-0.15, -0.1) is 0 Å². The molecule has 2 rings (SSSR count). The molecule has 1 aromatic carbocycles. The number of cyclic esters (lactones) is 1. The Bertz CT molecular complexity index is 636. The molecular formula is C19H26N2O6. The van der Waals surface area contributed by atoms with Crippen LogP contribution in [-0.4, -0.2) is 43.0 Å². The van der Waals surface area contributed by atoms with Crippen LogP contribution in [0.1, 0.15) is 38.7 Å². The zero-order valence-corrected chi connectivity index (χ0v) is 15.6. The van der Waals surface area contributed by atoms with Crippen LogP contribution in [0.2, 0.25) is 0 Å². The molecule has 3 atom stereocenters. The predicted octanol–water partition coefficient (Wildman–Crippen LogP) is 1.88. The molecule has 1 aliphatic heterocycles. The first kappa shape index (κ1) is 20.9. The summed E-state index contributed by atoms with van der Waals surface area (Å²) in [4.78, 5) is 35.3. The lowest BCUT2D eigenvalue weighted by Crippen LogP contribution is -2.50. The van der Waals surface area contributed by atoms with Gasteiger partial charge in [0, 0.05) is 0 Å². The number of amides is 2. The second kappa shape index (κ2) is 10.6. The molecule has 1 aromatic rings. The molecule has 1 heterocycles. The van der Waals surface area contributed by atoms with Gasteiger partial charge in [0.05, 0.1) is 31.7 Å². The number of nitrogens with one attached hydrogen (secondary N) is 2. The van der Waals surface area contributed by atoms with Crippen molar-refractivity contribution in [3.63, 3.8) is 0 Å². The zero-order valence-electron chi connectivity index (χ0n) is 15.6. The SMILES string of the molecule is CCCCOC(=O)NC(=O)[C@H](C)NC1CC(=O)OC1OCc1ccccc1. The average molecular weight is 378 g/mol. The van der Waals surface area contributed by atoms with Gasteiger partial charge in [0.2, 0.25) is 12.2 Å². The number of hydrogen-bond donors (Lipinski definition) is 2. The van der Waals surface area contributed by atoms with Gasteiger partial charge in [0.25, 0.3) is 0 Å². The van der Waals surface area contributed by atoms with Crippen LogP contribution in [0.4, 0.5) is 4.79 Å². The first-order valence-electron chi connectivity index (χ1n) is 9.08. The highest BCUT2D eigenvalue weighted by molar-refractivity contribution is 5.94. The van der Waals surface area contributed by atoms with E-state index in [1.165, 1.54) is 0 Å². The molecule has 0 radical (unpaired) electrons. The number of carbonyl (C=O) groups is 3. The van der Waals surface area contributed by atoms with E-state index < -0.39 is 36.3 Å². The van der Waals surface area contributed by atoms with E-state index in [2.05, 4.69) is 10.6 Å². The molecule has 1 aliphatic rings. The first-order chi connectivity index (χ1) is 13.0. The topological polar surface area (TPSA) is 103 Å². The van der Waals surface area contributed by atoms with Crippen LogP contribution in [0.25, 0.3) is 0 Å². The van der Waals surface area contributed by atoms with Crippen molar-refractivity contribution in [3.05, 3.63) is 35.9 Å². The molecule has 8 nitrogen and oxygen atoms in total. The number of ether oxygens (including phenoxy) is 3. The van der Waals surface area contributed by atoms with Gasteiger partial charge in [-0.2, -0.15) is 0 Å². The van der Waals surface area contributed by atoms with Crippen molar-refractivity contribution in [2.24, 2.45) is 0 Å². The van der Waals surface area contributed by atoms with Gasteiger partial charge in [0.15, 0.2) is 0 Å². The summed E-state index contributed by atoms with van der Waals surface area (Å²) >= 11 is 0. The van der Waals surface area contributed by atoms with E-state index in [1.807, 2.05) is 37.3 Å². The number of hydrogen-bond acceptors (Lipinski definition) is 7. The lowest BCUT2D eigenvalue weighted by molar-refractivity contribution is -0.167. The highest BCUT2D eigenvalue weighted by Crippen LogP contribution is 2.18. The molecule has 0 aliphatic carbocycles. The summed E-state index contributed by atoms with van der Waals surface area (Å²) in [6.07, 6.45) is 0.122. The Balaban J connectivity index is 1.81. The van der Waals surface area contributed by atoms with Crippen molar-refractivity contribution in [3.8, 4) is 0 Å². The maximum atomic E-state index is 12.1. The van der Waals surface area contributed by atoms with Crippen molar-refractivity contribution >= 4 is 18.0 Å². The van der Waals surface area contributed by atoms with Gasteiger partial charge in [-0.25, -0.2) is 4.79 Å². The first-order valence-corrected chi connectivity index (χ1v) is 9.08. The molecule has 27 heavy (non-hydrogen) atoms. The van der Waals surface area contributed by atoms with Gasteiger partial charge in [-0.3, -0.25) is 20.2 Å². The Morgan fingerprint density at radius 3 is 2.74 bits per heavy atom. The van der Waals surface area contributed by atoms with Gasteiger partial charge in [-0.1, -0.05) is 43.7 Å². The fraction of sp³-hybridized carbons (Fsp3) is 0.526. The number of alkyl carbamates (subject to hydrolysis) is 1. The van der Waals surface area contributed by atoms with Crippen molar-refractivity contribution in [1.82, 2.24) is 10.6 Å². The van der Waals surface area contributed by atoms with Crippen molar-refractivity contribution in [1.29, 1.82) is 0 Å². The summed E-state index contributed by atoms with van der Waals surface area (Å²) in [5.41, 5.74) is 0.944. The minimum absolute atomic E-state index is 0.0814. The van der Waals surface area contributed by atoms with E-state index in [0.717, 1.165) is 18.4 Å². The zero-order chi connectivity index (χ0) is 19.6. The monoisotopic (exact) mass is 378 g/mol. The quantitative estimate of drug-likeness (QED) is 0.499. The number of rotatable bonds is 9. The van der Waals surface area contributed by atoms with E-state index in [4.69, 9.17) is 14.2 Å². The largest absolute Gasteiger partial charge is 0.449 e. The van der Waals surface area contributed by atoms with E-state index in [9.17, 15) is 14.4 Å². The van der Waals surface area contributed by atoms with Gasteiger partial charge in [0.1, 0.15) is 0 Å². The van der Waals surface area contributed by atoms with Gasteiger partial charge in [-0.05, 0) is 18.9 Å². The fourth-order valence-corrected chi connectivity index (χ4v) is 2.53. The molecule has 2 N–H and O–H groups in total. The van der Waals surface area contributed by atoms with Crippen LogP contribution < -0.4 is 10.6 Å². The number of benzene rings is 1. The average Bonchev–Trinajstić information content (AvgIpc) is 3.00. The molecule has 2 amide bonds. The highest BCUT2D eigenvalue weighted by atomic mass is 16.7. The third-order valence-corrected chi connectivity index (χ3v) is 4.03. The Morgan fingerprint density at radius 1 is 1.30 bits per heavy atom. The molecule has 0 saturated carbocycles. The molecule has 1 fully saturated rings. The molecule has 2 unspecified atom stereocenters. The summed E-state index contributed by atoms with van der Waals surface area (Å²) in [6.45, 7) is 4.10. The molecule has 148 valence electrons. The Labute approximate surface area is 158 Å². The van der Waals surface area contributed by atoms with Crippen LogP contribution in [0.5, 0.6) is 0 Å². The summed E-state index contributed by atoms with van der Waals surface area (Å²) in [5, 5.41) is 5.14. The maximum absolute atomic E-state index is 12.1. The maximum Gasteiger partial charge on any atom is 0.413 e. The standard InChI is InChI=1S/C19H26N2O6/c1-3-4-10-25-19(24)21-17(23)13(2)20-15-11-16(22)27-18(15)26-12-14-8-6-5-7-9-14/h5-9,13,15,18,20H,3-4,10-12H2,1-2H3,(H,21,23,24)/t13-,15?,18?/m0/s1. The van der Waals surface area contributed by atoms with E-state index in [1.54, 1.807) is 6.92 Å². The predicted molar refractivity (Wildman–Crippen MR) is 96.5 cm³/mol. The van der Waals surface area contributed by atoms with Crippen molar-refractivity contribution in [2.75, 3.05) is 6.61 Å². The van der Waals surface area contributed by atoms with Crippen molar-refractivity contribution in [2.45, 2.75) is 58.1 Å². The summed E-state index contributed by atoms with van der Waals surface area (Å²) in [5.74, 6) is -0.949. The summed E-state index contributed by atoms with van der Waals surface area (Å²) in [7, 11) is 0. The molecule has 0 bridgehead atoms. The molecule has 0 spiro atoms. The van der Waals surface area contributed by atoms with Crippen LogP contribution in [0.15, 0.2) is 30.3 Å². The minimum Gasteiger partial charge on any atom is -0.449 e. The lowest BCUT2D eigenvalue weighted by Gasteiger charge is -2.22. The van der Waals surface area contributed by atoms with Crippen LogP contribution in [0, 0.1) is 0 Å². The minimum atomic E-state index is -0.801. The lowest BCUT2D eigenvalue weighted by atomic mass is 10.2. The third-order valence-electron chi connectivity index (χ3n) is 4.03. The smallest absolute Gasteiger partial charge is 0.413 e. The number of carbonyl (C=O) groups excluding carboxylic acids is 3. The van der Waals surface area contributed by atoms with E-state index in [-0.39, 0.29) is 19.6 Å². The molecule has 0 aromatic heterocycles. The summed E-state index contributed by atoms with van der Waals surface area (Å²) < 4.78 is 15.7. The second-order valence-corrected chi connectivity index (χ2v) is 6.33. The fourth-order valence-electron chi connectivity index (χ4n) is 2.53. The van der Waals surface area contributed by atoms with Crippen LogP contribution >= 0.6 is 0 Å². The second-order valence-electron chi connectivity index (χ2n) is 6.33. The number of esters is 1. The Kier molecular flexibility index (Phi) is 8.22. The van der Waals surface area contributed by atoms with E-state index in [0.29, 0.717) is 0 Å². The molecular weight excluding hydrogens is 352 g/mol. The van der Waals surface area contributed by atoms with Crippen LogP contribution in [0.3, 0.4) is 0 Å².